The second kappa shape index (κ2) is 6.55. The second-order valence-electron chi connectivity index (χ2n) is 5.29. The molecule has 2 rings (SSSR count). The van der Waals surface area contributed by atoms with Gasteiger partial charge in [-0.25, -0.2) is 17.9 Å². The minimum atomic E-state index is -3.46. The van der Waals surface area contributed by atoms with Gasteiger partial charge in [0.25, 0.3) is 0 Å². The lowest BCUT2D eigenvalue weighted by molar-refractivity contribution is 0.0453. The lowest BCUT2D eigenvalue weighted by Gasteiger charge is -2.31. The molecule has 1 aromatic rings. The molecule has 0 unspecified atom stereocenters. The smallest absolute Gasteiger partial charge is 0.337 e. The maximum absolute atomic E-state index is 12.0. The van der Waals surface area contributed by atoms with Crippen LogP contribution in [-0.2, 0) is 20.5 Å². The molecule has 2 N–H and O–H groups in total. The minimum Gasteiger partial charge on any atom is -0.465 e. The number of aliphatic hydroxyl groups excluding tert-OH is 1. The zero-order valence-electron chi connectivity index (χ0n) is 11.8. The van der Waals surface area contributed by atoms with Crippen LogP contribution in [0.4, 0.5) is 0 Å². The van der Waals surface area contributed by atoms with Gasteiger partial charge < -0.3 is 9.84 Å². The number of methoxy groups -OCH3 is 1. The fraction of sp³-hybridized carbons (Fsp3) is 0.500. The number of sulfonamides is 1. The maximum Gasteiger partial charge on any atom is 0.337 e. The van der Waals surface area contributed by atoms with Gasteiger partial charge in [-0.15, -0.1) is 0 Å². The van der Waals surface area contributed by atoms with E-state index in [9.17, 15) is 13.2 Å². The number of nitrogens with one attached hydrogen (secondary N) is 1. The van der Waals surface area contributed by atoms with E-state index in [0.717, 1.165) is 0 Å². The third-order valence-corrected chi connectivity index (χ3v) is 4.83. The van der Waals surface area contributed by atoms with Crippen molar-refractivity contribution < 1.29 is 23.1 Å². The predicted molar refractivity (Wildman–Crippen MR) is 77.1 cm³/mol. The van der Waals surface area contributed by atoms with Gasteiger partial charge in [0.15, 0.2) is 0 Å². The molecule has 0 atom stereocenters. The Morgan fingerprint density at radius 2 is 2.14 bits per heavy atom. The Balaban J connectivity index is 1.94. The summed E-state index contributed by atoms with van der Waals surface area (Å²) < 4.78 is 31.1. The molecule has 0 aromatic heterocycles. The standard InChI is InChI=1S/C14H19NO5S/c1-20-14(17)12-4-2-3-10(5-12)9-21(18,19)15-8-11-6-13(16)7-11/h2-5,11,13,15-16H,6-9H2,1H3. The third kappa shape index (κ3) is 4.52. The van der Waals surface area contributed by atoms with Gasteiger partial charge in [-0.1, -0.05) is 12.1 Å². The third-order valence-electron chi connectivity index (χ3n) is 3.51. The van der Waals surface area contributed by atoms with Crippen molar-refractivity contribution in [2.75, 3.05) is 13.7 Å². The Kier molecular flexibility index (Phi) is 4.97. The molecule has 0 amide bonds. The van der Waals surface area contributed by atoms with Gasteiger partial charge in [0.2, 0.25) is 10.0 Å². The molecule has 1 fully saturated rings. The van der Waals surface area contributed by atoms with Gasteiger partial charge in [-0.3, -0.25) is 0 Å². The molecule has 0 bridgehead atoms. The predicted octanol–water partition coefficient (Wildman–Crippen LogP) is 0.663. The van der Waals surface area contributed by atoms with Crippen LogP contribution in [0.5, 0.6) is 0 Å². The quantitative estimate of drug-likeness (QED) is 0.753. The lowest BCUT2D eigenvalue weighted by Crippen LogP contribution is -2.38. The first-order valence-electron chi connectivity index (χ1n) is 6.72. The van der Waals surface area contributed by atoms with Crippen LogP contribution in [0, 0.1) is 5.92 Å². The largest absolute Gasteiger partial charge is 0.465 e. The topological polar surface area (TPSA) is 92.7 Å². The second-order valence-corrected chi connectivity index (χ2v) is 7.10. The Bertz CT molecular complexity index is 608. The van der Waals surface area contributed by atoms with Crippen LogP contribution in [0.25, 0.3) is 0 Å². The highest BCUT2D eigenvalue weighted by molar-refractivity contribution is 7.88. The summed E-state index contributed by atoms with van der Waals surface area (Å²) in [7, 11) is -2.18. The molecular formula is C14H19NO5S. The monoisotopic (exact) mass is 313 g/mol. The summed E-state index contributed by atoms with van der Waals surface area (Å²) in [5, 5.41) is 9.17. The van der Waals surface area contributed by atoms with Gasteiger partial charge in [0.1, 0.15) is 0 Å². The van der Waals surface area contributed by atoms with Crippen LogP contribution in [0.1, 0.15) is 28.8 Å². The molecular weight excluding hydrogens is 294 g/mol. The normalized spacial score (nSPS) is 21.6. The number of ether oxygens (including phenoxy) is 1. The number of hydrogen-bond acceptors (Lipinski definition) is 5. The van der Waals surface area contributed by atoms with Crippen molar-refractivity contribution in [3.8, 4) is 0 Å². The zero-order valence-corrected chi connectivity index (χ0v) is 12.6. The highest BCUT2D eigenvalue weighted by Gasteiger charge is 2.28. The van der Waals surface area contributed by atoms with Crippen molar-refractivity contribution >= 4 is 16.0 Å². The van der Waals surface area contributed by atoms with E-state index >= 15 is 0 Å². The fourth-order valence-corrected chi connectivity index (χ4v) is 3.50. The molecule has 0 spiro atoms. The molecule has 0 aliphatic heterocycles. The molecule has 1 saturated carbocycles. The number of benzene rings is 1. The Morgan fingerprint density at radius 1 is 1.43 bits per heavy atom. The van der Waals surface area contributed by atoms with E-state index in [1.165, 1.54) is 13.2 Å². The van der Waals surface area contributed by atoms with Gasteiger partial charge in [-0.2, -0.15) is 0 Å². The van der Waals surface area contributed by atoms with E-state index in [1.807, 2.05) is 0 Å². The highest BCUT2D eigenvalue weighted by Crippen LogP contribution is 2.26. The average molecular weight is 313 g/mol. The number of hydrogen-bond donors (Lipinski definition) is 2. The van der Waals surface area contributed by atoms with E-state index in [-0.39, 0.29) is 17.8 Å². The summed E-state index contributed by atoms with van der Waals surface area (Å²) in [6.07, 6.45) is 0.983. The first-order chi connectivity index (χ1) is 9.89. The van der Waals surface area contributed by atoms with Crippen LogP contribution in [-0.4, -0.2) is 39.3 Å². The van der Waals surface area contributed by atoms with Gasteiger partial charge in [-0.05, 0) is 36.5 Å². The fourth-order valence-electron chi connectivity index (χ4n) is 2.29. The Labute approximate surface area is 124 Å². The maximum atomic E-state index is 12.0. The molecule has 7 heteroatoms. The van der Waals surface area contributed by atoms with Crippen molar-refractivity contribution in [1.82, 2.24) is 4.72 Å². The summed E-state index contributed by atoms with van der Waals surface area (Å²) >= 11 is 0. The summed E-state index contributed by atoms with van der Waals surface area (Å²) in [4.78, 5) is 11.4. The SMILES string of the molecule is COC(=O)c1cccc(CS(=O)(=O)NCC2CC(O)C2)c1. The molecule has 1 aliphatic rings. The van der Waals surface area contributed by atoms with Crippen molar-refractivity contribution in [3.63, 3.8) is 0 Å². The zero-order chi connectivity index (χ0) is 15.5. The van der Waals surface area contributed by atoms with Crippen LogP contribution in [0.2, 0.25) is 0 Å². The first-order valence-corrected chi connectivity index (χ1v) is 8.37. The van der Waals surface area contributed by atoms with E-state index < -0.39 is 16.0 Å². The molecule has 0 heterocycles. The van der Waals surface area contributed by atoms with Crippen molar-refractivity contribution in [2.24, 2.45) is 5.92 Å². The van der Waals surface area contributed by atoms with E-state index in [2.05, 4.69) is 9.46 Å². The lowest BCUT2D eigenvalue weighted by atomic mass is 9.83. The Morgan fingerprint density at radius 3 is 2.76 bits per heavy atom. The van der Waals surface area contributed by atoms with Gasteiger partial charge in [0, 0.05) is 6.54 Å². The number of rotatable bonds is 6. The first kappa shape index (κ1) is 15.9. The summed E-state index contributed by atoms with van der Waals surface area (Å²) in [6.45, 7) is 0.343. The van der Waals surface area contributed by atoms with Gasteiger partial charge >= 0.3 is 5.97 Å². The minimum absolute atomic E-state index is 0.187. The van der Waals surface area contributed by atoms with E-state index in [1.54, 1.807) is 18.2 Å². The number of carbonyl (C=O) groups is 1. The summed E-state index contributed by atoms with van der Waals surface area (Å²) in [5.41, 5.74) is 0.853. The average Bonchev–Trinajstić information content (AvgIpc) is 2.41. The van der Waals surface area contributed by atoms with E-state index in [0.29, 0.717) is 30.5 Å². The summed E-state index contributed by atoms with van der Waals surface area (Å²) in [5.74, 6) is -0.477. The molecule has 1 aliphatic carbocycles. The van der Waals surface area contributed by atoms with Crippen LogP contribution in [0.3, 0.4) is 0 Å². The number of aliphatic hydroxyl groups is 1. The highest BCUT2D eigenvalue weighted by atomic mass is 32.2. The molecule has 0 radical (unpaired) electrons. The van der Waals surface area contributed by atoms with Crippen LogP contribution < -0.4 is 4.72 Å². The van der Waals surface area contributed by atoms with Gasteiger partial charge in [0.05, 0.1) is 24.5 Å². The summed E-state index contributed by atoms with van der Waals surface area (Å²) in [6, 6.07) is 6.36. The Hall–Kier alpha value is -1.44. The number of carbonyl (C=O) groups excluding carboxylic acids is 1. The van der Waals surface area contributed by atoms with Crippen molar-refractivity contribution in [2.45, 2.75) is 24.7 Å². The van der Waals surface area contributed by atoms with Crippen molar-refractivity contribution in [3.05, 3.63) is 35.4 Å². The molecule has 21 heavy (non-hydrogen) atoms. The van der Waals surface area contributed by atoms with Crippen molar-refractivity contribution in [1.29, 1.82) is 0 Å². The number of esters is 1. The van der Waals surface area contributed by atoms with Crippen LogP contribution in [0.15, 0.2) is 24.3 Å². The molecule has 6 nitrogen and oxygen atoms in total. The van der Waals surface area contributed by atoms with E-state index in [4.69, 9.17) is 5.11 Å². The molecule has 1 aromatic carbocycles. The molecule has 0 saturated heterocycles. The molecule has 116 valence electrons. The van der Waals surface area contributed by atoms with Crippen LogP contribution >= 0.6 is 0 Å².